The number of nitrogen functional groups attached to an aromatic ring is 1. The van der Waals surface area contributed by atoms with Crippen LogP contribution in [0.2, 0.25) is 0 Å². The zero-order valence-electron chi connectivity index (χ0n) is 8.40. The van der Waals surface area contributed by atoms with Gasteiger partial charge in [-0.3, -0.25) is 5.41 Å². The molecular weight excluding hydrogens is 204 g/mol. The molecule has 0 radical (unpaired) electrons. The number of rotatable bonds is 2. The van der Waals surface area contributed by atoms with Crippen molar-refractivity contribution in [3.05, 3.63) is 47.5 Å². The lowest BCUT2D eigenvalue weighted by atomic mass is 10.0. The van der Waals surface area contributed by atoms with Crippen LogP contribution in [-0.4, -0.2) is 16.9 Å². The summed E-state index contributed by atoms with van der Waals surface area (Å²) in [7, 11) is 0. The van der Waals surface area contributed by atoms with Crippen molar-refractivity contribution in [2.45, 2.75) is 0 Å². The van der Waals surface area contributed by atoms with Crippen LogP contribution < -0.4 is 5.73 Å². The first kappa shape index (κ1) is 10.2. The molecule has 2 aromatic carbocycles. The van der Waals surface area contributed by atoms with Gasteiger partial charge in [-0.1, -0.05) is 24.3 Å². The van der Waals surface area contributed by atoms with E-state index in [2.05, 4.69) is 0 Å². The number of amidine groups is 1. The lowest BCUT2D eigenvalue weighted by Crippen LogP contribution is -2.11. The quantitative estimate of drug-likeness (QED) is 0.526. The summed E-state index contributed by atoms with van der Waals surface area (Å²) < 4.78 is 0. The Labute approximate surface area is 91.8 Å². The van der Waals surface area contributed by atoms with Crippen molar-refractivity contribution in [2.75, 3.05) is 0 Å². The molecule has 80 valence electrons. The van der Waals surface area contributed by atoms with Crippen LogP contribution in [0.3, 0.4) is 0 Å². The van der Waals surface area contributed by atoms with Gasteiger partial charge in [-0.2, -0.15) is 0 Å². The molecule has 0 heterocycles. The second-order valence-corrected chi connectivity index (χ2v) is 3.46. The standard InChI is InChI=1S/C12H10N2O2/c13-11(14)9-3-1-2-7-4-5-8(12(15)16)6-10(7)9/h1-6H,(H3,13,14)(H,15,16). The SMILES string of the molecule is N=C(N)c1cccc2ccc(C(=O)O)cc12. The van der Waals surface area contributed by atoms with Gasteiger partial charge in [-0.25, -0.2) is 4.79 Å². The van der Waals surface area contributed by atoms with Crippen LogP contribution in [0.25, 0.3) is 10.8 Å². The van der Waals surface area contributed by atoms with E-state index in [1.807, 2.05) is 6.07 Å². The van der Waals surface area contributed by atoms with Gasteiger partial charge >= 0.3 is 5.97 Å². The number of benzene rings is 2. The Hall–Kier alpha value is -2.36. The Morgan fingerprint density at radius 2 is 2.00 bits per heavy atom. The molecule has 0 aliphatic rings. The molecule has 4 nitrogen and oxygen atoms in total. The summed E-state index contributed by atoms with van der Waals surface area (Å²) in [6.45, 7) is 0. The highest BCUT2D eigenvalue weighted by molar-refractivity contribution is 6.09. The van der Waals surface area contributed by atoms with Gasteiger partial charge in [0.1, 0.15) is 5.84 Å². The van der Waals surface area contributed by atoms with Crippen LogP contribution in [0.5, 0.6) is 0 Å². The molecule has 0 aliphatic heterocycles. The normalized spacial score (nSPS) is 10.2. The molecule has 0 saturated heterocycles. The second kappa shape index (κ2) is 3.66. The molecule has 0 amide bonds. The maximum absolute atomic E-state index is 10.8. The molecule has 16 heavy (non-hydrogen) atoms. The molecule has 0 aromatic heterocycles. The molecule has 2 rings (SSSR count). The van der Waals surface area contributed by atoms with Gasteiger partial charge in [0.25, 0.3) is 0 Å². The van der Waals surface area contributed by atoms with Crippen molar-refractivity contribution < 1.29 is 9.90 Å². The summed E-state index contributed by atoms with van der Waals surface area (Å²) in [5, 5.41) is 17.9. The molecule has 0 saturated carbocycles. The van der Waals surface area contributed by atoms with Crippen LogP contribution in [0.15, 0.2) is 36.4 Å². The number of fused-ring (bicyclic) bond motifs is 1. The molecule has 2 aromatic rings. The fourth-order valence-corrected chi connectivity index (χ4v) is 1.64. The van der Waals surface area contributed by atoms with Gasteiger partial charge in [-0.05, 0) is 22.9 Å². The van der Waals surface area contributed by atoms with Crippen LogP contribution in [0.1, 0.15) is 15.9 Å². The Morgan fingerprint density at radius 1 is 1.25 bits per heavy atom. The zero-order valence-corrected chi connectivity index (χ0v) is 8.40. The molecule has 4 N–H and O–H groups in total. The number of hydrogen-bond donors (Lipinski definition) is 3. The first-order valence-electron chi connectivity index (χ1n) is 4.70. The van der Waals surface area contributed by atoms with Crippen molar-refractivity contribution in [3.63, 3.8) is 0 Å². The van der Waals surface area contributed by atoms with Crippen molar-refractivity contribution in [3.8, 4) is 0 Å². The number of carboxylic acid groups (broad SMARTS) is 1. The molecule has 0 fully saturated rings. The van der Waals surface area contributed by atoms with E-state index in [1.54, 1.807) is 18.2 Å². The minimum Gasteiger partial charge on any atom is -0.478 e. The van der Waals surface area contributed by atoms with Gasteiger partial charge in [0.2, 0.25) is 0 Å². The van der Waals surface area contributed by atoms with E-state index in [1.165, 1.54) is 12.1 Å². The third kappa shape index (κ3) is 1.61. The Bertz CT molecular complexity index is 591. The number of carbonyl (C=O) groups is 1. The summed E-state index contributed by atoms with van der Waals surface area (Å²) in [6, 6.07) is 10.1. The van der Waals surface area contributed by atoms with Crippen LogP contribution in [0, 0.1) is 5.41 Å². The fraction of sp³-hybridized carbons (Fsp3) is 0. The van der Waals surface area contributed by atoms with Crippen LogP contribution in [-0.2, 0) is 0 Å². The topological polar surface area (TPSA) is 87.2 Å². The number of nitrogens with two attached hydrogens (primary N) is 1. The first-order chi connectivity index (χ1) is 7.59. The summed E-state index contributed by atoms with van der Waals surface area (Å²) in [5.41, 5.74) is 6.19. The number of hydrogen-bond acceptors (Lipinski definition) is 2. The molecular formula is C12H10N2O2. The van der Waals surface area contributed by atoms with Gasteiger partial charge in [0, 0.05) is 5.56 Å². The highest BCUT2D eigenvalue weighted by Gasteiger charge is 2.07. The van der Waals surface area contributed by atoms with Crippen LogP contribution >= 0.6 is 0 Å². The minimum atomic E-state index is -0.986. The lowest BCUT2D eigenvalue weighted by molar-refractivity contribution is 0.0697. The van der Waals surface area contributed by atoms with E-state index in [0.29, 0.717) is 10.9 Å². The molecule has 0 spiro atoms. The molecule has 0 atom stereocenters. The van der Waals surface area contributed by atoms with E-state index < -0.39 is 5.97 Å². The van der Waals surface area contributed by atoms with Crippen molar-refractivity contribution in [2.24, 2.45) is 5.73 Å². The van der Waals surface area contributed by atoms with Gasteiger partial charge in [0.05, 0.1) is 5.56 Å². The van der Waals surface area contributed by atoms with Crippen molar-refractivity contribution in [1.29, 1.82) is 5.41 Å². The van der Waals surface area contributed by atoms with Crippen molar-refractivity contribution in [1.82, 2.24) is 0 Å². The number of aromatic carboxylic acids is 1. The highest BCUT2D eigenvalue weighted by atomic mass is 16.4. The maximum atomic E-state index is 10.8. The summed E-state index contributed by atoms with van der Waals surface area (Å²) in [6.07, 6.45) is 0. The molecule has 4 heteroatoms. The largest absolute Gasteiger partial charge is 0.478 e. The smallest absolute Gasteiger partial charge is 0.335 e. The summed E-state index contributed by atoms with van der Waals surface area (Å²) >= 11 is 0. The Kier molecular flexibility index (Phi) is 2.32. The minimum absolute atomic E-state index is 0.0619. The van der Waals surface area contributed by atoms with Gasteiger partial charge in [0.15, 0.2) is 0 Å². The fourth-order valence-electron chi connectivity index (χ4n) is 1.64. The van der Waals surface area contributed by atoms with E-state index >= 15 is 0 Å². The maximum Gasteiger partial charge on any atom is 0.335 e. The number of carboxylic acids is 1. The third-order valence-electron chi connectivity index (χ3n) is 2.42. The van der Waals surface area contributed by atoms with E-state index in [9.17, 15) is 4.79 Å². The number of nitrogens with one attached hydrogen (secondary N) is 1. The second-order valence-electron chi connectivity index (χ2n) is 3.46. The predicted octanol–water partition coefficient (Wildman–Crippen LogP) is 1.82. The zero-order chi connectivity index (χ0) is 11.7. The summed E-state index contributed by atoms with van der Waals surface area (Å²) in [5.74, 6) is -1.05. The van der Waals surface area contributed by atoms with E-state index in [-0.39, 0.29) is 11.4 Å². The van der Waals surface area contributed by atoms with Crippen LogP contribution in [0.4, 0.5) is 0 Å². The van der Waals surface area contributed by atoms with E-state index in [4.69, 9.17) is 16.2 Å². The predicted molar refractivity (Wildman–Crippen MR) is 61.9 cm³/mol. The molecule has 0 unspecified atom stereocenters. The van der Waals surface area contributed by atoms with E-state index in [0.717, 1.165) is 5.39 Å². The Morgan fingerprint density at radius 3 is 2.62 bits per heavy atom. The first-order valence-corrected chi connectivity index (χ1v) is 4.70. The Balaban J connectivity index is 2.78. The third-order valence-corrected chi connectivity index (χ3v) is 2.42. The molecule has 0 aliphatic carbocycles. The monoisotopic (exact) mass is 214 g/mol. The van der Waals surface area contributed by atoms with Crippen molar-refractivity contribution >= 4 is 22.6 Å². The highest BCUT2D eigenvalue weighted by Crippen LogP contribution is 2.20. The van der Waals surface area contributed by atoms with Gasteiger partial charge in [-0.15, -0.1) is 0 Å². The molecule has 0 bridgehead atoms. The lowest BCUT2D eigenvalue weighted by Gasteiger charge is -2.05. The van der Waals surface area contributed by atoms with Gasteiger partial charge < -0.3 is 10.8 Å². The average Bonchev–Trinajstić information content (AvgIpc) is 2.27. The average molecular weight is 214 g/mol. The summed E-state index contributed by atoms with van der Waals surface area (Å²) in [4.78, 5) is 10.8.